The molecule has 0 saturated carbocycles. The van der Waals surface area contributed by atoms with Gasteiger partial charge in [0.05, 0.1) is 13.2 Å². The third-order valence-corrected chi connectivity index (χ3v) is 4.88. The van der Waals surface area contributed by atoms with E-state index >= 15 is 0 Å². The summed E-state index contributed by atoms with van der Waals surface area (Å²) in [7, 11) is 0. The summed E-state index contributed by atoms with van der Waals surface area (Å²) in [6.07, 6.45) is 1.32. The second-order valence-electron chi connectivity index (χ2n) is 6.87. The van der Waals surface area contributed by atoms with Crippen molar-refractivity contribution in [2.45, 2.75) is 19.8 Å². The molecule has 2 aromatic rings. The number of rotatable bonds is 3. The minimum atomic E-state index is -0.678. The van der Waals surface area contributed by atoms with Crippen molar-refractivity contribution in [3.05, 3.63) is 48.0 Å². The van der Waals surface area contributed by atoms with Crippen LogP contribution in [0.1, 0.15) is 18.4 Å². The van der Waals surface area contributed by atoms with Gasteiger partial charge >= 0.3 is 0 Å². The first-order valence-corrected chi connectivity index (χ1v) is 9.20. The number of hydrogen-bond acceptors (Lipinski definition) is 4. The molecule has 0 unspecified atom stereocenters. The van der Waals surface area contributed by atoms with Gasteiger partial charge in [0.1, 0.15) is 5.92 Å². The fraction of sp³-hybridized carbons (Fsp3) is 0.333. The Morgan fingerprint density at radius 1 is 1.07 bits per heavy atom. The molecule has 2 heterocycles. The summed E-state index contributed by atoms with van der Waals surface area (Å²) >= 11 is 0. The van der Waals surface area contributed by atoms with Crippen LogP contribution >= 0.6 is 0 Å². The molecule has 4 rings (SSSR count). The van der Waals surface area contributed by atoms with Crippen LogP contribution in [0.15, 0.2) is 42.5 Å². The van der Waals surface area contributed by atoms with Gasteiger partial charge in [0.2, 0.25) is 11.8 Å². The molecule has 0 aliphatic carbocycles. The largest absolute Gasteiger partial charge is 0.490 e. The van der Waals surface area contributed by atoms with E-state index in [1.807, 2.05) is 31.2 Å². The van der Waals surface area contributed by atoms with E-state index in [4.69, 9.17) is 9.47 Å². The Balaban J connectivity index is 1.45. The first kappa shape index (κ1) is 17.4. The smallest absolute Gasteiger partial charge is 0.239 e. The Kier molecular flexibility index (Phi) is 4.71. The van der Waals surface area contributed by atoms with Crippen molar-refractivity contribution < 1.29 is 19.1 Å². The molecular formula is C21H22N2O4. The topological polar surface area (TPSA) is 67.9 Å². The summed E-state index contributed by atoms with van der Waals surface area (Å²) in [6.45, 7) is 3.74. The highest BCUT2D eigenvalue weighted by Crippen LogP contribution is 2.33. The molecule has 6 heteroatoms. The number of aryl methyl sites for hydroxylation is 1. The van der Waals surface area contributed by atoms with Gasteiger partial charge in [-0.2, -0.15) is 0 Å². The van der Waals surface area contributed by atoms with Crippen LogP contribution in [0.2, 0.25) is 0 Å². The summed E-state index contributed by atoms with van der Waals surface area (Å²) < 4.78 is 11.2. The first-order valence-electron chi connectivity index (χ1n) is 9.20. The molecule has 0 radical (unpaired) electrons. The molecule has 2 aliphatic heterocycles. The van der Waals surface area contributed by atoms with Crippen LogP contribution < -0.4 is 19.7 Å². The van der Waals surface area contributed by atoms with E-state index in [2.05, 4.69) is 5.32 Å². The molecule has 6 nitrogen and oxygen atoms in total. The molecule has 2 aliphatic rings. The quantitative estimate of drug-likeness (QED) is 0.848. The van der Waals surface area contributed by atoms with Gasteiger partial charge in [-0.25, -0.2) is 0 Å². The summed E-state index contributed by atoms with van der Waals surface area (Å²) in [5, 5.41) is 2.84. The maximum Gasteiger partial charge on any atom is 0.239 e. The lowest BCUT2D eigenvalue weighted by Gasteiger charge is -2.17. The van der Waals surface area contributed by atoms with Gasteiger partial charge in [0.25, 0.3) is 0 Å². The van der Waals surface area contributed by atoms with Gasteiger partial charge in [-0.3, -0.25) is 9.59 Å². The zero-order valence-corrected chi connectivity index (χ0v) is 15.2. The van der Waals surface area contributed by atoms with Crippen molar-refractivity contribution in [2.24, 2.45) is 5.92 Å². The molecule has 1 atom stereocenters. The van der Waals surface area contributed by atoms with Gasteiger partial charge in [0.15, 0.2) is 11.5 Å². The monoisotopic (exact) mass is 366 g/mol. The Hall–Kier alpha value is -3.02. The lowest BCUT2D eigenvalue weighted by atomic mass is 10.1. The Morgan fingerprint density at radius 2 is 1.81 bits per heavy atom. The van der Waals surface area contributed by atoms with Crippen LogP contribution in [0.25, 0.3) is 0 Å². The summed E-state index contributed by atoms with van der Waals surface area (Å²) in [6, 6.07) is 13.1. The number of amides is 2. The average Bonchev–Trinajstić information content (AvgIpc) is 2.90. The number of ether oxygens (including phenoxy) is 2. The van der Waals surface area contributed by atoms with E-state index in [1.54, 1.807) is 23.1 Å². The van der Waals surface area contributed by atoms with Gasteiger partial charge in [-0.1, -0.05) is 17.7 Å². The molecule has 0 bridgehead atoms. The second-order valence-corrected chi connectivity index (χ2v) is 6.87. The molecule has 27 heavy (non-hydrogen) atoms. The highest BCUT2D eigenvalue weighted by atomic mass is 16.5. The van der Waals surface area contributed by atoms with Crippen LogP contribution in [-0.4, -0.2) is 31.6 Å². The molecule has 1 N–H and O–H groups in total. The fourth-order valence-electron chi connectivity index (χ4n) is 3.37. The van der Waals surface area contributed by atoms with Gasteiger partial charge in [-0.15, -0.1) is 0 Å². The number of carbonyl (C=O) groups excluding carboxylic acids is 2. The number of anilines is 2. The number of nitrogens with one attached hydrogen (secondary N) is 1. The van der Waals surface area contributed by atoms with E-state index in [1.165, 1.54) is 0 Å². The molecule has 140 valence electrons. The Bertz CT molecular complexity index is 863. The van der Waals surface area contributed by atoms with Crippen LogP contribution in [0, 0.1) is 12.8 Å². The van der Waals surface area contributed by atoms with E-state index in [-0.39, 0.29) is 11.8 Å². The molecule has 2 aromatic carbocycles. The molecule has 0 spiro atoms. The van der Waals surface area contributed by atoms with Gasteiger partial charge in [0, 0.05) is 30.4 Å². The predicted octanol–water partition coefficient (Wildman–Crippen LogP) is 3.15. The maximum atomic E-state index is 12.7. The van der Waals surface area contributed by atoms with Crippen LogP contribution in [0.5, 0.6) is 11.5 Å². The van der Waals surface area contributed by atoms with Crippen molar-refractivity contribution in [3.8, 4) is 11.5 Å². The van der Waals surface area contributed by atoms with Crippen LogP contribution in [0.4, 0.5) is 11.4 Å². The Morgan fingerprint density at radius 3 is 2.59 bits per heavy atom. The average molecular weight is 366 g/mol. The zero-order valence-electron chi connectivity index (χ0n) is 15.2. The zero-order chi connectivity index (χ0) is 18.8. The summed E-state index contributed by atoms with van der Waals surface area (Å²) in [4.78, 5) is 27.1. The molecule has 2 amide bonds. The first-order chi connectivity index (χ1) is 13.1. The minimum absolute atomic E-state index is 0.161. The number of hydrogen-bond donors (Lipinski definition) is 1. The van der Waals surface area contributed by atoms with E-state index in [9.17, 15) is 9.59 Å². The SMILES string of the molecule is Cc1ccc(N2CC[C@@H](C(=O)Nc3ccc4c(c3)OCCCO4)C2=O)cc1. The van der Waals surface area contributed by atoms with Gasteiger partial charge in [-0.05, 0) is 37.6 Å². The number of carbonyl (C=O) groups is 2. The Labute approximate surface area is 158 Å². The fourth-order valence-corrected chi connectivity index (χ4v) is 3.37. The van der Waals surface area contributed by atoms with Crippen molar-refractivity contribution in [3.63, 3.8) is 0 Å². The van der Waals surface area contributed by atoms with Crippen LogP contribution in [-0.2, 0) is 9.59 Å². The summed E-state index contributed by atoms with van der Waals surface area (Å²) in [5.41, 5.74) is 2.57. The molecular weight excluding hydrogens is 344 g/mol. The lowest BCUT2D eigenvalue weighted by Crippen LogP contribution is -2.33. The van der Waals surface area contributed by atoms with E-state index in [0.29, 0.717) is 43.4 Å². The second kappa shape index (κ2) is 7.31. The predicted molar refractivity (Wildman–Crippen MR) is 102 cm³/mol. The highest BCUT2D eigenvalue weighted by molar-refractivity contribution is 6.13. The lowest BCUT2D eigenvalue weighted by molar-refractivity contribution is -0.129. The third-order valence-electron chi connectivity index (χ3n) is 4.88. The molecule has 1 saturated heterocycles. The van der Waals surface area contributed by atoms with Crippen molar-refractivity contribution in [2.75, 3.05) is 30.0 Å². The summed E-state index contributed by atoms with van der Waals surface area (Å²) in [5.74, 6) is 0.161. The molecule has 0 aromatic heterocycles. The van der Waals surface area contributed by atoms with E-state index < -0.39 is 5.92 Å². The van der Waals surface area contributed by atoms with Crippen molar-refractivity contribution in [1.29, 1.82) is 0 Å². The number of nitrogens with zero attached hydrogens (tertiary/aromatic N) is 1. The van der Waals surface area contributed by atoms with Crippen molar-refractivity contribution >= 4 is 23.2 Å². The number of fused-ring (bicyclic) bond motifs is 1. The highest BCUT2D eigenvalue weighted by Gasteiger charge is 2.37. The maximum absolute atomic E-state index is 12.7. The van der Waals surface area contributed by atoms with E-state index in [0.717, 1.165) is 17.7 Å². The standard InChI is InChI=1S/C21H22N2O4/c1-14-3-6-16(7-4-14)23-10-9-17(21(23)25)20(24)22-15-5-8-18-19(13-15)27-12-2-11-26-18/h3-8,13,17H,2,9-12H2,1H3,(H,22,24)/t17-/m0/s1. The minimum Gasteiger partial charge on any atom is -0.490 e. The molecule has 1 fully saturated rings. The van der Waals surface area contributed by atoms with Crippen molar-refractivity contribution in [1.82, 2.24) is 0 Å². The van der Waals surface area contributed by atoms with Crippen LogP contribution in [0.3, 0.4) is 0 Å². The number of benzene rings is 2. The third kappa shape index (κ3) is 3.60. The normalized spacial score (nSPS) is 18.9. The van der Waals surface area contributed by atoms with Gasteiger partial charge < -0.3 is 19.7 Å².